The van der Waals surface area contributed by atoms with Gasteiger partial charge in [-0.2, -0.15) is 0 Å². The summed E-state index contributed by atoms with van der Waals surface area (Å²) in [6.07, 6.45) is 2.01. The molecule has 0 bridgehead atoms. The maximum Gasteiger partial charge on any atom is 0.234 e. The van der Waals surface area contributed by atoms with Crippen molar-refractivity contribution in [2.45, 2.75) is 11.4 Å². The SMILES string of the molecule is COc1ccc(Cl)cc1NC(=O)CSc1cn(Cc2cccc(F)c2)c2ccccc12. The molecule has 0 aliphatic rings. The van der Waals surface area contributed by atoms with Gasteiger partial charge in [0.15, 0.2) is 0 Å². The molecule has 1 amide bonds. The van der Waals surface area contributed by atoms with Crippen molar-refractivity contribution in [2.24, 2.45) is 0 Å². The molecule has 0 unspecified atom stereocenters. The number of nitrogens with zero attached hydrogens (tertiary/aromatic N) is 1. The van der Waals surface area contributed by atoms with Crippen molar-refractivity contribution >= 4 is 45.9 Å². The van der Waals surface area contributed by atoms with Crippen LogP contribution in [0.15, 0.2) is 77.8 Å². The minimum atomic E-state index is -0.253. The third kappa shape index (κ3) is 5.03. The minimum Gasteiger partial charge on any atom is -0.495 e. The molecule has 31 heavy (non-hydrogen) atoms. The lowest BCUT2D eigenvalue weighted by atomic mass is 10.2. The summed E-state index contributed by atoms with van der Waals surface area (Å²) in [5.41, 5.74) is 2.45. The number of hydrogen-bond donors (Lipinski definition) is 1. The van der Waals surface area contributed by atoms with Crippen LogP contribution in [0.4, 0.5) is 10.1 Å². The van der Waals surface area contributed by atoms with Crippen LogP contribution in [0.3, 0.4) is 0 Å². The third-order valence-corrected chi connectivity index (χ3v) is 6.07. The third-order valence-electron chi connectivity index (χ3n) is 4.79. The maximum atomic E-state index is 13.6. The summed E-state index contributed by atoms with van der Waals surface area (Å²) in [6, 6.07) is 19.6. The Labute approximate surface area is 189 Å². The van der Waals surface area contributed by atoms with Gasteiger partial charge in [-0.1, -0.05) is 41.9 Å². The molecule has 0 radical (unpaired) electrons. The highest BCUT2D eigenvalue weighted by Crippen LogP contribution is 2.32. The maximum absolute atomic E-state index is 13.6. The van der Waals surface area contributed by atoms with Crippen LogP contribution in [0, 0.1) is 5.82 Å². The van der Waals surface area contributed by atoms with Crippen molar-refractivity contribution in [3.8, 4) is 5.75 Å². The number of halogens is 2. The van der Waals surface area contributed by atoms with E-state index in [0.717, 1.165) is 21.4 Å². The fraction of sp³-hybridized carbons (Fsp3) is 0.125. The second kappa shape index (κ2) is 9.45. The number of hydrogen-bond acceptors (Lipinski definition) is 3. The van der Waals surface area contributed by atoms with Gasteiger partial charge < -0.3 is 14.6 Å². The van der Waals surface area contributed by atoms with Crippen LogP contribution in [0.2, 0.25) is 5.02 Å². The Hall–Kier alpha value is -2.96. The van der Waals surface area contributed by atoms with Gasteiger partial charge in [0, 0.05) is 33.6 Å². The molecule has 1 aromatic heterocycles. The molecule has 0 aliphatic heterocycles. The molecule has 0 saturated heterocycles. The lowest BCUT2D eigenvalue weighted by Crippen LogP contribution is -2.14. The van der Waals surface area contributed by atoms with Gasteiger partial charge in [-0.25, -0.2) is 4.39 Å². The van der Waals surface area contributed by atoms with Gasteiger partial charge in [0.05, 0.1) is 18.6 Å². The van der Waals surface area contributed by atoms with Gasteiger partial charge in [0.2, 0.25) is 5.91 Å². The van der Waals surface area contributed by atoms with E-state index in [0.29, 0.717) is 23.0 Å². The summed E-state index contributed by atoms with van der Waals surface area (Å²) < 4.78 is 20.9. The Balaban J connectivity index is 1.51. The first kappa shape index (κ1) is 21.3. The molecule has 158 valence electrons. The second-order valence-electron chi connectivity index (χ2n) is 6.95. The second-order valence-corrected chi connectivity index (χ2v) is 8.40. The number of nitrogens with one attached hydrogen (secondary N) is 1. The molecule has 0 aliphatic carbocycles. The molecule has 4 aromatic rings. The van der Waals surface area contributed by atoms with Crippen molar-refractivity contribution in [1.29, 1.82) is 0 Å². The molecule has 0 saturated carbocycles. The average molecular weight is 455 g/mol. The summed E-state index contributed by atoms with van der Waals surface area (Å²) in [7, 11) is 1.54. The van der Waals surface area contributed by atoms with Gasteiger partial charge in [-0.15, -0.1) is 11.8 Å². The molecule has 1 heterocycles. The van der Waals surface area contributed by atoms with E-state index < -0.39 is 0 Å². The predicted molar refractivity (Wildman–Crippen MR) is 125 cm³/mol. The number of carbonyl (C=O) groups is 1. The minimum absolute atomic E-state index is 0.160. The number of ether oxygens (including phenoxy) is 1. The van der Waals surface area contributed by atoms with Crippen molar-refractivity contribution in [2.75, 3.05) is 18.2 Å². The van der Waals surface area contributed by atoms with Crippen LogP contribution >= 0.6 is 23.4 Å². The lowest BCUT2D eigenvalue weighted by Gasteiger charge is -2.10. The topological polar surface area (TPSA) is 43.3 Å². The number of methoxy groups -OCH3 is 1. The van der Waals surface area contributed by atoms with E-state index in [4.69, 9.17) is 16.3 Å². The van der Waals surface area contributed by atoms with Gasteiger partial charge in [-0.05, 0) is 42.0 Å². The van der Waals surface area contributed by atoms with E-state index >= 15 is 0 Å². The first-order valence-corrected chi connectivity index (χ1v) is 11.0. The average Bonchev–Trinajstić information content (AvgIpc) is 3.10. The van der Waals surface area contributed by atoms with Crippen molar-refractivity contribution in [1.82, 2.24) is 4.57 Å². The summed E-state index contributed by atoms with van der Waals surface area (Å²) in [6.45, 7) is 0.546. The van der Waals surface area contributed by atoms with Crippen LogP contribution in [-0.2, 0) is 11.3 Å². The van der Waals surface area contributed by atoms with Crippen molar-refractivity contribution in [3.05, 3.63) is 89.3 Å². The highest BCUT2D eigenvalue weighted by atomic mass is 35.5. The highest BCUT2D eigenvalue weighted by molar-refractivity contribution is 8.00. The van der Waals surface area contributed by atoms with Crippen LogP contribution in [0.5, 0.6) is 5.75 Å². The molecule has 1 N–H and O–H groups in total. The summed E-state index contributed by atoms with van der Waals surface area (Å²) in [5.74, 6) is 0.363. The fourth-order valence-electron chi connectivity index (χ4n) is 3.40. The van der Waals surface area contributed by atoms with Crippen LogP contribution in [0.1, 0.15) is 5.56 Å². The Bertz CT molecular complexity index is 1240. The van der Waals surface area contributed by atoms with Gasteiger partial charge in [0.1, 0.15) is 11.6 Å². The van der Waals surface area contributed by atoms with Crippen molar-refractivity contribution < 1.29 is 13.9 Å². The molecule has 0 fully saturated rings. The normalized spacial score (nSPS) is 10.9. The summed E-state index contributed by atoms with van der Waals surface area (Å²) in [5, 5.41) is 4.43. The van der Waals surface area contributed by atoms with Gasteiger partial charge in [0.25, 0.3) is 0 Å². The molecule has 4 rings (SSSR count). The molecular weight excluding hydrogens is 435 g/mol. The molecule has 0 atom stereocenters. The number of thioether (sulfide) groups is 1. The Morgan fingerprint density at radius 1 is 1.13 bits per heavy atom. The Morgan fingerprint density at radius 2 is 1.97 bits per heavy atom. The molecular formula is C24H20ClFN2O2S. The first-order valence-electron chi connectivity index (χ1n) is 9.62. The van der Waals surface area contributed by atoms with Crippen LogP contribution < -0.4 is 10.1 Å². The number of rotatable bonds is 7. The van der Waals surface area contributed by atoms with Crippen LogP contribution in [-0.4, -0.2) is 23.3 Å². The fourth-order valence-corrected chi connectivity index (χ4v) is 4.46. The quantitative estimate of drug-likeness (QED) is 0.337. The van der Waals surface area contributed by atoms with E-state index in [-0.39, 0.29) is 17.5 Å². The number of fused-ring (bicyclic) bond motifs is 1. The number of para-hydroxylation sites is 1. The molecule has 4 nitrogen and oxygen atoms in total. The number of amides is 1. The number of aromatic nitrogens is 1. The van der Waals surface area contributed by atoms with Gasteiger partial charge in [-0.3, -0.25) is 4.79 Å². The standard InChI is InChI=1S/C24H20ClFN2O2S/c1-30-22-10-9-17(25)12-20(22)27-24(29)15-31-23-14-28(21-8-3-2-7-19(21)23)13-16-5-4-6-18(26)11-16/h2-12,14H,13,15H2,1H3,(H,27,29). The van der Waals surface area contributed by atoms with Crippen LogP contribution in [0.25, 0.3) is 10.9 Å². The first-order chi connectivity index (χ1) is 15.0. The number of benzene rings is 3. The number of carbonyl (C=O) groups excluding carboxylic acids is 1. The number of anilines is 1. The van der Waals surface area contributed by atoms with E-state index in [1.807, 2.05) is 36.5 Å². The van der Waals surface area contributed by atoms with E-state index in [1.165, 1.54) is 23.9 Å². The molecule has 7 heteroatoms. The highest BCUT2D eigenvalue weighted by Gasteiger charge is 2.13. The Kier molecular flexibility index (Phi) is 6.49. The smallest absolute Gasteiger partial charge is 0.234 e. The summed E-state index contributed by atoms with van der Waals surface area (Å²) >= 11 is 7.48. The Morgan fingerprint density at radius 3 is 2.77 bits per heavy atom. The summed E-state index contributed by atoms with van der Waals surface area (Å²) in [4.78, 5) is 13.5. The zero-order valence-corrected chi connectivity index (χ0v) is 18.3. The largest absolute Gasteiger partial charge is 0.495 e. The monoisotopic (exact) mass is 454 g/mol. The van der Waals surface area contributed by atoms with Crippen molar-refractivity contribution in [3.63, 3.8) is 0 Å². The van der Waals surface area contributed by atoms with E-state index in [1.54, 1.807) is 31.4 Å². The predicted octanol–water partition coefficient (Wildman–Crippen LogP) is 6.22. The zero-order valence-electron chi connectivity index (χ0n) is 16.8. The molecule has 0 spiro atoms. The zero-order chi connectivity index (χ0) is 21.8. The van der Waals surface area contributed by atoms with Gasteiger partial charge >= 0.3 is 0 Å². The van der Waals surface area contributed by atoms with E-state index in [9.17, 15) is 9.18 Å². The lowest BCUT2D eigenvalue weighted by molar-refractivity contribution is -0.113. The van der Waals surface area contributed by atoms with E-state index in [2.05, 4.69) is 9.88 Å². The molecule has 3 aromatic carbocycles.